The average Bonchev–Trinajstić information content (AvgIpc) is 2.99. The maximum Gasteiger partial charge on any atom is 0.135 e. The van der Waals surface area contributed by atoms with Crippen molar-refractivity contribution in [1.82, 2.24) is 0 Å². The van der Waals surface area contributed by atoms with Gasteiger partial charge in [-0.25, -0.2) is 0 Å². The van der Waals surface area contributed by atoms with Gasteiger partial charge >= 0.3 is 0 Å². The summed E-state index contributed by atoms with van der Waals surface area (Å²) in [7, 11) is 0. The van der Waals surface area contributed by atoms with Gasteiger partial charge in [-0.1, -0.05) is 121 Å². The molecule has 0 saturated carbocycles. The van der Waals surface area contributed by atoms with Crippen LogP contribution in [0.3, 0.4) is 0 Å². The van der Waals surface area contributed by atoms with Crippen LogP contribution in [0.15, 0.2) is 133 Å². The summed E-state index contributed by atoms with van der Waals surface area (Å²) in [5.74, 6) is 1.61. The Morgan fingerprint density at radius 2 is 1.00 bits per heavy atom. The molecule has 37 heavy (non-hydrogen) atoms. The second-order valence-electron chi connectivity index (χ2n) is 9.36. The number of rotatable bonds is 2. The molecular formula is C36H22O. The van der Waals surface area contributed by atoms with Crippen LogP contribution >= 0.6 is 0 Å². The van der Waals surface area contributed by atoms with E-state index in [1.807, 2.05) is 60.7 Å². The van der Waals surface area contributed by atoms with Gasteiger partial charge in [-0.05, 0) is 66.9 Å². The van der Waals surface area contributed by atoms with E-state index in [2.05, 4.69) is 24.3 Å². The molecule has 0 bridgehead atoms. The molecule has 7 aromatic rings. The van der Waals surface area contributed by atoms with Gasteiger partial charge in [0.25, 0.3) is 0 Å². The van der Waals surface area contributed by atoms with Crippen LogP contribution in [0.5, 0.6) is 11.5 Å². The maximum absolute atomic E-state index is 8.60. The lowest BCUT2D eigenvalue weighted by molar-refractivity contribution is 0.487. The highest BCUT2D eigenvalue weighted by Crippen LogP contribution is 2.51. The van der Waals surface area contributed by atoms with Crippen molar-refractivity contribution in [3.8, 4) is 44.9 Å². The SMILES string of the molecule is [2H]c1cc2c(-c3ccccc3)c3cc([2H])c([2H])cc3c(-c3ccc4c5c(cccc35)Oc3ccccc3-4)c2cc1[2H]. The van der Waals surface area contributed by atoms with Crippen molar-refractivity contribution in [2.75, 3.05) is 0 Å². The number of ether oxygens (including phenoxy) is 1. The van der Waals surface area contributed by atoms with Gasteiger partial charge in [-0.2, -0.15) is 0 Å². The predicted molar refractivity (Wildman–Crippen MR) is 155 cm³/mol. The van der Waals surface area contributed by atoms with Crippen molar-refractivity contribution >= 4 is 32.3 Å². The van der Waals surface area contributed by atoms with Crippen LogP contribution in [-0.2, 0) is 0 Å². The van der Waals surface area contributed by atoms with Crippen LogP contribution in [-0.4, -0.2) is 0 Å². The van der Waals surface area contributed by atoms with Gasteiger partial charge in [0.15, 0.2) is 0 Å². The van der Waals surface area contributed by atoms with E-state index < -0.39 is 0 Å². The number of hydrogen-bond acceptors (Lipinski definition) is 1. The topological polar surface area (TPSA) is 9.23 Å². The number of hydrogen-bond donors (Lipinski definition) is 0. The zero-order valence-corrected chi connectivity index (χ0v) is 19.8. The van der Waals surface area contributed by atoms with Gasteiger partial charge in [-0.15, -0.1) is 0 Å². The molecule has 172 valence electrons. The quantitative estimate of drug-likeness (QED) is 0.226. The monoisotopic (exact) mass is 474 g/mol. The number of para-hydroxylation sites is 1. The highest BCUT2D eigenvalue weighted by molar-refractivity contribution is 6.24. The number of fused-ring (bicyclic) bond motifs is 4. The molecular weight excluding hydrogens is 448 g/mol. The lowest BCUT2D eigenvalue weighted by Gasteiger charge is -2.24. The molecule has 0 unspecified atom stereocenters. The minimum absolute atomic E-state index is 0.139. The fraction of sp³-hybridized carbons (Fsp3) is 0. The Morgan fingerprint density at radius 3 is 1.73 bits per heavy atom. The van der Waals surface area contributed by atoms with Crippen molar-refractivity contribution in [3.63, 3.8) is 0 Å². The lowest BCUT2D eigenvalue weighted by atomic mass is 9.83. The average molecular weight is 475 g/mol. The van der Waals surface area contributed by atoms with Crippen LogP contribution in [0.4, 0.5) is 0 Å². The van der Waals surface area contributed by atoms with E-state index in [1.165, 1.54) is 0 Å². The van der Waals surface area contributed by atoms with Gasteiger partial charge in [0, 0.05) is 10.9 Å². The van der Waals surface area contributed by atoms with Gasteiger partial charge in [0.2, 0.25) is 0 Å². The van der Waals surface area contributed by atoms with Crippen LogP contribution in [0.2, 0.25) is 0 Å². The molecule has 1 nitrogen and oxygen atoms in total. The fourth-order valence-electron chi connectivity index (χ4n) is 5.89. The first-order chi connectivity index (χ1) is 20.0. The fourth-order valence-corrected chi connectivity index (χ4v) is 5.89. The summed E-state index contributed by atoms with van der Waals surface area (Å²) in [6.07, 6.45) is 0. The van der Waals surface area contributed by atoms with Crippen molar-refractivity contribution in [2.45, 2.75) is 0 Å². The summed E-state index contributed by atoms with van der Waals surface area (Å²) < 4.78 is 40.6. The molecule has 1 aliphatic heterocycles. The van der Waals surface area contributed by atoms with Crippen molar-refractivity contribution in [2.24, 2.45) is 0 Å². The molecule has 1 heteroatoms. The standard InChI is InChI=1S/C36H22O/c1-2-11-23(12-3-1)34-25-14-4-6-16-27(25)35(28-17-7-5-15-26(28)34)31-22-21-30-24-13-8-9-19-32(24)37-33-20-10-18-29(31)36(30)33/h1-22H/i4D,5D,6D,7D. The molecule has 0 N–H and O–H groups in total. The van der Waals surface area contributed by atoms with Crippen molar-refractivity contribution < 1.29 is 10.2 Å². The minimum atomic E-state index is 0.139. The Balaban J connectivity index is 1.58. The summed E-state index contributed by atoms with van der Waals surface area (Å²) in [6.45, 7) is 0. The largest absolute Gasteiger partial charge is 0.456 e. The second-order valence-corrected chi connectivity index (χ2v) is 9.36. The summed E-state index contributed by atoms with van der Waals surface area (Å²) in [6, 6.07) is 36.0. The third kappa shape index (κ3) is 2.92. The van der Waals surface area contributed by atoms with Crippen molar-refractivity contribution in [1.29, 1.82) is 0 Å². The van der Waals surface area contributed by atoms with Crippen LogP contribution < -0.4 is 4.74 Å². The first-order valence-corrected chi connectivity index (χ1v) is 12.4. The second kappa shape index (κ2) is 7.81. The molecule has 1 aliphatic rings. The predicted octanol–water partition coefficient (Wildman–Crippen LogP) is 10.3. The van der Waals surface area contributed by atoms with Gasteiger partial charge in [0.1, 0.15) is 11.5 Å². The van der Waals surface area contributed by atoms with Crippen LogP contribution in [0.1, 0.15) is 5.48 Å². The van der Waals surface area contributed by atoms with E-state index in [-0.39, 0.29) is 24.2 Å². The molecule has 0 aromatic heterocycles. The van der Waals surface area contributed by atoms with Crippen molar-refractivity contribution in [3.05, 3.63) is 133 Å². The summed E-state index contributed by atoms with van der Waals surface area (Å²) in [5.41, 5.74) is 5.85. The van der Waals surface area contributed by atoms with Gasteiger partial charge in [0.05, 0.1) is 5.48 Å². The molecule has 1 heterocycles. The highest BCUT2D eigenvalue weighted by atomic mass is 16.5. The molecule has 8 rings (SSSR count). The van der Waals surface area contributed by atoms with E-state index in [4.69, 9.17) is 10.2 Å². The van der Waals surface area contributed by atoms with E-state index in [9.17, 15) is 0 Å². The van der Waals surface area contributed by atoms with Gasteiger partial charge < -0.3 is 4.74 Å². The molecule has 0 aliphatic carbocycles. The van der Waals surface area contributed by atoms with Crippen LogP contribution in [0, 0.1) is 0 Å². The Labute approximate surface area is 220 Å². The number of benzene rings is 7. The molecule has 0 fully saturated rings. The third-order valence-electron chi connectivity index (χ3n) is 7.42. The smallest absolute Gasteiger partial charge is 0.135 e. The molecule has 0 spiro atoms. The zero-order chi connectivity index (χ0) is 27.8. The lowest BCUT2D eigenvalue weighted by Crippen LogP contribution is -1.98. The van der Waals surface area contributed by atoms with Crippen LogP contribution in [0.25, 0.3) is 65.7 Å². The van der Waals surface area contributed by atoms with E-state index in [0.29, 0.717) is 0 Å². The molecule has 0 radical (unpaired) electrons. The summed E-state index contributed by atoms with van der Waals surface area (Å²) in [5, 5.41) is 5.40. The molecule has 0 amide bonds. The van der Waals surface area contributed by atoms with Gasteiger partial charge in [-0.3, -0.25) is 0 Å². The molecule has 7 aromatic carbocycles. The first-order valence-electron chi connectivity index (χ1n) is 14.4. The van der Waals surface area contributed by atoms with E-state index >= 15 is 0 Å². The van der Waals surface area contributed by atoms with E-state index in [0.717, 1.165) is 77.2 Å². The summed E-state index contributed by atoms with van der Waals surface area (Å²) >= 11 is 0. The summed E-state index contributed by atoms with van der Waals surface area (Å²) in [4.78, 5) is 0. The normalized spacial score (nSPS) is 13.5. The molecule has 0 atom stereocenters. The van der Waals surface area contributed by atoms with E-state index in [1.54, 1.807) is 24.3 Å². The minimum Gasteiger partial charge on any atom is -0.456 e. The zero-order valence-electron chi connectivity index (χ0n) is 23.8. The Bertz CT molecular complexity index is 2150. The Morgan fingerprint density at radius 1 is 0.405 bits per heavy atom. The highest BCUT2D eigenvalue weighted by Gasteiger charge is 2.23. The molecule has 0 saturated heterocycles. The Hall–Kier alpha value is -4.88. The third-order valence-corrected chi connectivity index (χ3v) is 7.42. The first kappa shape index (κ1) is 16.7. The maximum atomic E-state index is 8.60. The Kier molecular flexibility index (Phi) is 3.53.